The molecule has 1 aromatic heterocycles. The maximum Gasteiger partial charge on any atom is 0.233 e. The highest BCUT2D eigenvalue weighted by molar-refractivity contribution is 8.00. The molecule has 1 aliphatic rings. The maximum absolute atomic E-state index is 12.4. The third kappa shape index (κ3) is 4.26. The fourth-order valence-corrected chi connectivity index (χ4v) is 4.50. The molecule has 1 atom stereocenters. The van der Waals surface area contributed by atoms with Crippen LogP contribution in [0, 0.1) is 0 Å². The lowest BCUT2D eigenvalue weighted by Crippen LogP contribution is -2.34. The lowest BCUT2D eigenvalue weighted by molar-refractivity contribution is -0.128. The van der Waals surface area contributed by atoms with E-state index in [1.807, 2.05) is 22.7 Å². The predicted molar refractivity (Wildman–Crippen MR) is 92.4 cm³/mol. The Hall–Kier alpha value is -1.54. The molecule has 0 aliphatic carbocycles. The summed E-state index contributed by atoms with van der Waals surface area (Å²) < 4.78 is 1.58. The first-order valence-electron chi connectivity index (χ1n) is 7.53. The second-order valence-corrected chi connectivity index (χ2v) is 7.57. The zero-order valence-corrected chi connectivity index (χ0v) is 14.6. The summed E-state index contributed by atoms with van der Waals surface area (Å²) in [6.07, 6.45) is 0.997. The van der Waals surface area contributed by atoms with E-state index in [9.17, 15) is 4.79 Å². The number of thioether (sulfide) groups is 2. The molecule has 6 nitrogen and oxygen atoms in total. The molecule has 2 heterocycles. The normalized spacial score (nSPS) is 18.7. The van der Waals surface area contributed by atoms with E-state index in [4.69, 9.17) is 0 Å². The Balaban J connectivity index is 1.53. The van der Waals surface area contributed by atoms with Crippen LogP contribution in [0.3, 0.4) is 0 Å². The molecular formula is C15H19N5OS2. The van der Waals surface area contributed by atoms with E-state index in [1.54, 1.807) is 11.7 Å². The van der Waals surface area contributed by atoms with Crippen molar-refractivity contribution in [3.05, 3.63) is 35.9 Å². The molecule has 0 N–H and O–H groups in total. The molecule has 8 heteroatoms. The first-order chi connectivity index (χ1) is 11.2. The van der Waals surface area contributed by atoms with Gasteiger partial charge in [0, 0.05) is 31.1 Å². The summed E-state index contributed by atoms with van der Waals surface area (Å²) in [7, 11) is 1.78. The van der Waals surface area contributed by atoms with Crippen molar-refractivity contribution in [2.24, 2.45) is 7.05 Å². The minimum absolute atomic E-state index is 0.160. The Labute approximate surface area is 144 Å². The second-order valence-electron chi connectivity index (χ2n) is 5.31. The zero-order chi connectivity index (χ0) is 16.1. The van der Waals surface area contributed by atoms with Crippen LogP contribution < -0.4 is 0 Å². The van der Waals surface area contributed by atoms with Crippen molar-refractivity contribution in [3.63, 3.8) is 0 Å². The molecule has 0 bridgehead atoms. The molecule has 1 amide bonds. The number of aryl methyl sites for hydroxylation is 1. The van der Waals surface area contributed by atoms with Crippen molar-refractivity contribution in [2.75, 3.05) is 24.6 Å². The van der Waals surface area contributed by atoms with Gasteiger partial charge in [-0.05, 0) is 22.4 Å². The molecule has 3 rings (SSSR count). The number of carbonyl (C=O) groups excluding carboxylic acids is 1. The number of tetrazole rings is 1. The summed E-state index contributed by atoms with van der Waals surface area (Å²) in [5.74, 6) is 1.52. The highest BCUT2D eigenvalue weighted by Crippen LogP contribution is 2.34. The Morgan fingerprint density at radius 3 is 2.91 bits per heavy atom. The Bertz CT molecular complexity index is 648. The molecule has 122 valence electrons. The van der Waals surface area contributed by atoms with Crippen molar-refractivity contribution in [1.82, 2.24) is 25.1 Å². The lowest BCUT2D eigenvalue weighted by Gasteiger charge is -2.20. The van der Waals surface area contributed by atoms with Gasteiger partial charge in [0.1, 0.15) is 0 Å². The Morgan fingerprint density at radius 2 is 2.17 bits per heavy atom. The van der Waals surface area contributed by atoms with Gasteiger partial charge >= 0.3 is 0 Å². The molecule has 1 saturated heterocycles. The number of nitrogens with zero attached hydrogens (tertiary/aromatic N) is 5. The first kappa shape index (κ1) is 16.3. The van der Waals surface area contributed by atoms with E-state index in [-0.39, 0.29) is 5.91 Å². The standard InChI is InChI=1S/C15H19N5OS2/c1-19-15(16-17-18-19)23-11-14(21)20-8-7-13(22-10-9-20)12-5-3-2-4-6-12/h2-6,13H,7-11H2,1H3. The summed E-state index contributed by atoms with van der Waals surface area (Å²) in [4.78, 5) is 14.4. The fourth-order valence-electron chi connectivity index (χ4n) is 2.51. The average molecular weight is 349 g/mol. The quantitative estimate of drug-likeness (QED) is 0.787. The molecule has 0 spiro atoms. The van der Waals surface area contributed by atoms with Gasteiger partial charge in [-0.3, -0.25) is 4.79 Å². The van der Waals surface area contributed by atoms with Gasteiger partial charge in [0.05, 0.1) is 5.75 Å². The number of carbonyl (C=O) groups is 1. The molecule has 1 unspecified atom stereocenters. The Morgan fingerprint density at radius 1 is 1.35 bits per heavy atom. The molecule has 2 aromatic rings. The van der Waals surface area contributed by atoms with E-state index in [0.717, 1.165) is 25.3 Å². The summed E-state index contributed by atoms with van der Waals surface area (Å²) in [6, 6.07) is 10.5. The third-order valence-electron chi connectivity index (χ3n) is 3.77. The summed E-state index contributed by atoms with van der Waals surface area (Å²) in [5, 5.41) is 12.4. The van der Waals surface area contributed by atoms with Gasteiger partial charge in [-0.25, -0.2) is 4.68 Å². The summed E-state index contributed by atoms with van der Waals surface area (Å²) >= 11 is 3.33. The zero-order valence-electron chi connectivity index (χ0n) is 13.0. The SMILES string of the molecule is Cn1nnnc1SCC(=O)N1CCSC(c2ccccc2)CC1. The van der Waals surface area contributed by atoms with Crippen molar-refractivity contribution in [1.29, 1.82) is 0 Å². The number of amides is 1. The maximum atomic E-state index is 12.4. The minimum Gasteiger partial charge on any atom is -0.341 e. The van der Waals surface area contributed by atoms with Gasteiger partial charge in [0.2, 0.25) is 11.1 Å². The highest BCUT2D eigenvalue weighted by Gasteiger charge is 2.22. The van der Waals surface area contributed by atoms with Crippen LogP contribution in [0.1, 0.15) is 17.2 Å². The number of hydrogen-bond donors (Lipinski definition) is 0. The molecule has 0 saturated carbocycles. The minimum atomic E-state index is 0.160. The molecule has 23 heavy (non-hydrogen) atoms. The summed E-state index contributed by atoms with van der Waals surface area (Å²) in [6.45, 7) is 1.62. The topological polar surface area (TPSA) is 63.9 Å². The van der Waals surface area contributed by atoms with E-state index in [1.165, 1.54) is 17.3 Å². The van der Waals surface area contributed by atoms with Gasteiger partial charge in [0.25, 0.3) is 0 Å². The van der Waals surface area contributed by atoms with E-state index >= 15 is 0 Å². The molecule has 1 fully saturated rings. The highest BCUT2D eigenvalue weighted by atomic mass is 32.2. The summed E-state index contributed by atoms with van der Waals surface area (Å²) in [5.41, 5.74) is 1.35. The van der Waals surface area contributed by atoms with Crippen molar-refractivity contribution in [3.8, 4) is 0 Å². The van der Waals surface area contributed by atoms with Crippen molar-refractivity contribution in [2.45, 2.75) is 16.8 Å². The van der Waals surface area contributed by atoms with Gasteiger partial charge in [-0.15, -0.1) is 5.10 Å². The van der Waals surface area contributed by atoms with E-state index in [0.29, 0.717) is 16.2 Å². The largest absolute Gasteiger partial charge is 0.341 e. The van der Waals surface area contributed by atoms with Gasteiger partial charge in [-0.2, -0.15) is 11.8 Å². The molecule has 0 radical (unpaired) electrons. The third-order valence-corrected chi connectivity index (χ3v) is 6.10. The second kappa shape index (κ2) is 7.83. The fraction of sp³-hybridized carbons (Fsp3) is 0.467. The van der Waals surface area contributed by atoms with Gasteiger partial charge < -0.3 is 4.90 Å². The van der Waals surface area contributed by atoms with Gasteiger partial charge in [-0.1, -0.05) is 42.1 Å². The number of hydrogen-bond acceptors (Lipinski definition) is 6. The van der Waals surface area contributed by atoms with Crippen LogP contribution in [0.5, 0.6) is 0 Å². The van der Waals surface area contributed by atoms with Crippen molar-refractivity contribution >= 4 is 29.4 Å². The first-order valence-corrected chi connectivity index (χ1v) is 9.57. The number of aromatic nitrogens is 4. The number of rotatable bonds is 4. The van der Waals surface area contributed by atoms with Crippen LogP contribution in [0.2, 0.25) is 0 Å². The molecule has 1 aromatic carbocycles. The Kier molecular flexibility index (Phi) is 5.56. The van der Waals surface area contributed by atoms with E-state index in [2.05, 4.69) is 39.8 Å². The monoisotopic (exact) mass is 349 g/mol. The average Bonchev–Trinajstić information content (AvgIpc) is 2.85. The number of benzene rings is 1. The smallest absolute Gasteiger partial charge is 0.233 e. The lowest BCUT2D eigenvalue weighted by atomic mass is 10.1. The van der Waals surface area contributed by atoms with Crippen LogP contribution in [0.4, 0.5) is 0 Å². The van der Waals surface area contributed by atoms with Crippen LogP contribution >= 0.6 is 23.5 Å². The molecular weight excluding hydrogens is 330 g/mol. The molecule has 1 aliphatic heterocycles. The van der Waals surface area contributed by atoms with Crippen molar-refractivity contribution < 1.29 is 4.79 Å². The van der Waals surface area contributed by atoms with E-state index < -0.39 is 0 Å². The predicted octanol–water partition coefficient (Wildman–Crippen LogP) is 2.01. The van der Waals surface area contributed by atoms with Crippen LogP contribution in [0.15, 0.2) is 35.5 Å². The van der Waals surface area contributed by atoms with Crippen LogP contribution in [-0.2, 0) is 11.8 Å². The van der Waals surface area contributed by atoms with Crippen LogP contribution in [0.25, 0.3) is 0 Å². The van der Waals surface area contributed by atoms with Gasteiger partial charge in [0.15, 0.2) is 0 Å². The van der Waals surface area contributed by atoms with Crippen LogP contribution in [-0.4, -0.2) is 55.6 Å².